The number of benzene rings is 7. The molecule has 2 aromatic heterocycles. The van der Waals surface area contributed by atoms with Gasteiger partial charge in [0.25, 0.3) is 0 Å². The van der Waals surface area contributed by atoms with Gasteiger partial charge in [-0.3, -0.25) is 4.79 Å². The predicted octanol–water partition coefficient (Wildman–Crippen LogP) is 16.4. The number of ether oxygens (including phenoxy) is 2. The van der Waals surface area contributed by atoms with E-state index in [1.807, 2.05) is 91.0 Å². The molecule has 1 saturated heterocycles. The summed E-state index contributed by atoms with van der Waals surface area (Å²) < 4.78 is 16.4. The number of hydrogen-bond donors (Lipinski definition) is 2. The van der Waals surface area contributed by atoms with Crippen LogP contribution in [0.5, 0.6) is 11.5 Å². The van der Waals surface area contributed by atoms with Gasteiger partial charge in [0.15, 0.2) is 5.78 Å². The average Bonchev–Trinajstić information content (AvgIpc) is 4.47. The number of carbonyl (C=O) groups excluding carboxylic acids is 1. The fraction of sp³-hybridized carbons (Fsp3) is 0.284. The average molecular weight is 1070 g/mol. The highest BCUT2D eigenvalue weighted by Gasteiger charge is 2.26. The van der Waals surface area contributed by atoms with Crippen molar-refractivity contribution in [3.63, 3.8) is 0 Å². The molecule has 79 heavy (non-hydrogen) atoms. The summed E-state index contributed by atoms with van der Waals surface area (Å²) in [4.78, 5) is 43.5. The van der Waals surface area contributed by atoms with E-state index in [4.69, 9.17) is 26.1 Å². The maximum Gasteiger partial charge on any atom is 0.335 e. The van der Waals surface area contributed by atoms with E-state index in [0.717, 1.165) is 112 Å². The fourth-order valence-electron chi connectivity index (χ4n) is 12.0. The van der Waals surface area contributed by atoms with Gasteiger partial charge < -0.3 is 33.7 Å². The second-order valence-corrected chi connectivity index (χ2v) is 21.7. The summed E-state index contributed by atoms with van der Waals surface area (Å²) in [6, 6.07) is 51.6. The predicted molar refractivity (Wildman–Crippen MR) is 314 cm³/mol. The van der Waals surface area contributed by atoms with Crippen LogP contribution in [0.3, 0.4) is 0 Å². The van der Waals surface area contributed by atoms with E-state index in [2.05, 4.69) is 56.5 Å². The third kappa shape index (κ3) is 11.8. The van der Waals surface area contributed by atoms with Gasteiger partial charge >= 0.3 is 11.9 Å². The number of methoxy groups -OCH3 is 1. The van der Waals surface area contributed by atoms with Gasteiger partial charge in [0.2, 0.25) is 0 Å². The third-order valence-electron chi connectivity index (χ3n) is 16.2. The SMILES string of the molecule is COc1ccc(-c2ccc(Cl)cc2)c(COc2ccc(-c3cc4cc(C(=O)O)ccc4n3C3CCCCC3)cc2)c1.O=C(O)c1ccc2c(c1)nc(-c1ccc(C(=O)Cc3ccc(N4CCCCC4)cc3)cc1)n2C1CCCC1. The number of piperidine rings is 1. The number of nitrogens with zero attached hydrogens (tertiary/aromatic N) is 4. The van der Waals surface area contributed by atoms with Crippen molar-refractivity contribution in [1.29, 1.82) is 0 Å². The first-order chi connectivity index (χ1) is 38.6. The molecule has 7 aromatic carbocycles. The van der Waals surface area contributed by atoms with Gasteiger partial charge in [-0.2, -0.15) is 0 Å². The molecule has 2 aliphatic carbocycles. The molecule has 12 heteroatoms. The molecule has 0 bridgehead atoms. The maximum absolute atomic E-state index is 13.1. The minimum Gasteiger partial charge on any atom is -0.497 e. The molecule has 2 N–H and O–H groups in total. The highest BCUT2D eigenvalue weighted by atomic mass is 35.5. The summed E-state index contributed by atoms with van der Waals surface area (Å²) in [5.41, 5.74) is 12.5. The van der Waals surface area contributed by atoms with E-state index < -0.39 is 11.9 Å². The number of carboxylic acids is 2. The summed E-state index contributed by atoms with van der Waals surface area (Å²) in [5, 5.41) is 20.6. The lowest BCUT2D eigenvalue weighted by Crippen LogP contribution is -2.29. The number of carbonyl (C=O) groups is 3. The molecule has 3 aliphatic rings. The molecule has 0 amide bonds. The second kappa shape index (κ2) is 23.8. The Balaban J connectivity index is 0.000000168. The molecule has 11 nitrogen and oxygen atoms in total. The Labute approximate surface area is 466 Å². The van der Waals surface area contributed by atoms with Crippen LogP contribution in [0.4, 0.5) is 5.69 Å². The standard InChI is InChI=1S/C35H32ClNO4.C32H33N3O3/c1-40-31-16-17-32(23-7-12-28(36)13-8-23)27(20-31)22-41-30-14-9-24(10-15-30)34-21-26-19-25(35(38)39)11-18-33(26)37(34)29-5-3-2-4-6-29;36-30(20-22-8-15-26(16-9-22)34-18-4-1-5-19-34)23-10-12-24(13-11-23)31-33-28-21-25(32(37)38)14-17-29(28)35(31)27-6-2-3-7-27/h7-21,29H,2-6,22H2,1H3,(H,38,39);8-17,21,27H,1-7,18-20H2,(H,37,38). The van der Waals surface area contributed by atoms with Crippen LogP contribution >= 0.6 is 11.6 Å². The van der Waals surface area contributed by atoms with Crippen LogP contribution in [0, 0.1) is 0 Å². The van der Waals surface area contributed by atoms with Crippen molar-refractivity contribution in [2.45, 2.75) is 102 Å². The van der Waals surface area contributed by atoms with E-state index in [1.54, 1.807) is 31.4 Å². The Hall–Kier alpha value is -8.15. The molecule has 3 fully saturated rings. The van der Waals surface area contributed by atoms with Crippen molar-refractivity contribution in [2.75, 3.05) is 25.1 Å². The molecular weight excluding hydrogens is 1010 g/mol. The Bertz CT molecular complexity index is 3620. The quantitative estimate of drug-likeness (QED) is 0.0962. The van der Waals surface area contributed by atoms with Gasteiger partial charge in [-0.15, -0.1) is 0 Å². The number of hydrogen-bond acceptors (Lipinski definition) is 7. The van der Waals surface area contributed by atoms with E-state index in [0.29, 0.717) is 46.8 Å². The number of Topliss-reactive ketones (excluding diaryl/α,β-unsaturated/α-hetero) is 1. The van der Waals surface area contributed by atoms with Crippen molar-refractivity contribution >= 4 is 56.9 Å². The topological polar surface area (TPSA) is 136 Å². The minimum absolute atomic E-state index is 0.0951. The number of imidazole rings is 1. The molecule has 12 rings (SSSR count). The molecule has 0 atom stereocenters. The highest BCUT2D eigenvalue weighted by Crippen LogP contribution is 2.40. The summed E-state index contributed by atoms with van der Waals surface area (Å²) in [6.07, 6.45) is 14.7. The van der Waals surface area contributed by atoms with Gasteiger partial charge in [-0.05, 0) is 170 Å². The number of rotatable bonds is 15. The normalized spacial score (nSPS) is 15.0. The molecule has 2 saturated carbocycles. The zero-order valence-electron chi connectivity index (χ0n) is 44.6. The van der Waals surface area contributed by atoms with Crippen molar-refractivity contribution in [1.82, 2.24) is 14.1 Å². The van der Waals surface area contributed by atoms with Crippen LogP contribution in [-0.4, -0.2) is 62.3 Å². The number of carboxylic acid groups (broad SMARTS) is 2. The smallest absolute Gasteiger partial charge is 0.335 e. The van der Waals surface area contributed by atoms with E-state index >= 15 is 0 Å². The lowest BCUT2D eigenvalue weighted by Gasteiger charge is -2.28. The van der Waals surface area contributed by atoms with Gasteiger partial charge in [-0.1, -0.05) is 98.3 Å². The van der Waals surface area contributed by atoms with Crippen LogP contribution in [0.2, 0.25) is 5.02 Å². The Kier molecular flexibility index (Phi) is 16.0. The fourth-order valence-corrected chi connectivity index (χ4v) is 12.1. The molecule has 0 radical (unpaired) electrons. The molecule has 402 valence electrons. The molecule has 1 aliphatic heterocycles. The number of aromatic carboxylic acids is 2. The highest BCUT2D eigenvalue weighted by molar-refractivity contribution is 6.30. The lowest BCUT2D eigenvalue weighted by molar-refractivity contribution is 0.0686. The molecular formula is C67H65ClN4O7. The van der Waals surface area contributed by atoms with Gasteiger partial charge in [0.05, 0.1) is 29.3 Å². The first kappa shape index (κ1) is 52.9. The first-order valence-electron chi connectivity index (χ1n) is 27.8. The van der Waals surface area contributed by atoms with Crippen LogP contribution < -0.4 is 14.4 Å². The van der Waals surface area contributed by atoms with Crippen LogP contribution in [0.15, 0.2) is 158 Å². The van der Waals surface area contributed by atoms with Gasteiger partial charge in [0.1, 0.15) is 23.9 Å². The minimum atomic E-state index is -0.951. The number of anilines is 1. The van der Waals surface area contributed by atoms with Crippen LogP contribution in [0.1, 0.15) is 131 Å². The molecule has 9 aromatic rings. The zero-order valence-corrected chi connectivity index (χ0v) is 45.3. The van der Waals surface area contributed by atoms with Crippen molar-refractivity contribution < 1.29 is 34.1 Å². The zero-order chi connectivity index (χ0) is 54.4. The monoisotopic (exact) mass is 1070 g/mol. The summed E-state index contributed by atoms with van der Waals surface area (Å²) >= 11 is 6.11. The number of aromatic nitrogens is 3. The van der Waals surface area contributed by atoms with Crippen LogP contribution in [-0.2, 0) is 13.0 Å². The lowest BCUT2D eigenvalue weighted by atomic mass is 9.94. The summed E-state index contributed by atoms with van der Waals surface area (Å²) in [7, 11) is 1.66. The van der Waals surface area contributed by atoms with E-state index in [-0.39, 0.29) is 11.3 Å². The third-order valence-corrected chi connectivity index (χ3v) is 16.4. The Morgan fingerprint density at radius 2 is 1.15 bits per heavy atom. The van der Waals surface area contributed by atoms with E-state index in [1.165, 1.54) is 57.1 Å². The number of halogens is 1. The summed E-state index contributed by atoms with van der Waals surface area (Å²) in [6.45, 7) is 2.61. The largest absolute Gasteiger partial charge is 0.497 e. The van der Waals surface area contributed by atoms with Crippen LogP contribution in [0.25, 0.3) is 55.7 Å². The number of fused-ring (bicyclic) bond motifs is 2. The van der Waals surface area contributed by atoms with E-state index in [9.17, 15) is 24.6 Å². The van der Waals surface area contributed by atoms with Crippen molar-refractivity contribution in [3.8, 4) is 45.3 Å². The van der Waals surface area contributed by atoms with Crippen molar-refractivity contribution in [3.05, 3.63) is 191 Å². The first-order valence-corrected chi connectivity index (χ1v) is 28.2. The Morgan fingerprint density at radius 1 is 0.570 bits per heavy atom. The van der Waals surface area contributed by atoms with Crippen molar-refractivity contribution in [2.24, 2.45) is 0 Å². The maximum atomic E-state index is 13.1. The summed E-state index contributed by atoms with van der Waals surface area (Å²) in [5.74, 6) is 0.619. The molecule has 0 spiro atoms. The second-order valence-electron chi connectivity index (χ2n) is 21.3. The molecule has 0 unspecified atom stereocenters. The Morgan fingerprint density at radius 3 is 1.82 bits per heavy atom. The van der Waals surface area contributed by atoms with Gasteiger partial charge in [0, 0.05) is 75.6 Å². The van der Waals surface area contributed by atoms with Gasteiger partial charge in [-0.25, -0.2) is 14.6 Å². The molecule has 3 heterocycles. The number of ketones is 1.